The second-order valence-electron chi connectivity index (χ2n) is 4.55. The molecule has 0 heterocycles. The average molecular weight is 289 g/mol. The third-order valence-corrected chi connectivity index (χ3v) is 3.90. The largest absolute Gasteiger partial charge is 0.508 e. The number of rotatable bonds is 6. The van der Waals surface area contributed by atoms with Gasteiger partial charge in [0.2, 0.25) is 0 Å². The van der Waals surface area contributed by atoms with E-state index in [-0.39, 0.29) is 0 Å². The zero-order chi connectivity index (χ0) is 14.4. The Morgan fingerprint density at radius 2 is 1.80 bits per heavy atom. The summed E-state index contributed by atoms with van der Waals surface area (Å²) in [5.74, 6) is 0.661. The lowest BCUT2D eigenvalue weighted by Crippen LogP contribution is -2.16. The Bertz CT molecular complexity index is 572. The standard InChI is InChI=1S/C16H19NO2S/c1-20-14-7-6-12(16(19)10-14)8-9-17-11-13-4-2-3-5-15(13)18/h2-7,10,17-19H,8-9,11H2,1H3. The molecule has 2 aromatic carbocycles. The van der Waals surface area contributed by atoms with Crippen LogP contribution in [0, 0.1) is 0 Å². The molecule has 4 heteroatoms. The summed E-state index contributed by atoms with van der Waals surface area (Å²) in [6.07, 6.45) is 2.75. The highest BCUT2D eigenvalue weighted by Crippen LogP contribution is 2.24. The normalized spacial score (nSPS) is 10.7. The van der Waals surface area contributed by atoms with E-state index in [1.165, 1.54) is 0 Å². The van der Waals surface area contributed by atoms with Gasteiger partial charge >= 0.3 is 0 Å². The lowest BCUT2D eigenvalue weighted by molar-refractivity contribution is 0.460. The number of nitrogens with one attached hydrogen (secondary N) is 1. The molecule has 2 rings (SSSR count). The maximum absolute atomic E-state index is 9.90. The zero-order valence-electron chi connectivity index (χ0n) is 11.5. The summed E-state index contributed by atoms with van der Waals surface area (Å²) < 4.78 is 0. The Morgan fingerprint density at radius 1 is 1.00 bits per heavy atom. The summed E-state index contributed by atoms with van der Waals surface area (Å²) in [5, 5.41) is 22.8. The second kappa shape index (κ2) is 7.22. The minimum Gasteiger partial charge on any atom is -0.508 e. The molecule has 0 spiro atoms. The molecule has 0 aliphatic rings. The van der Waals surface area contributed by atoms with E-state index in [4.69, 9.17) is 0 Å². The smallest absolute Gasteiger partial charge is 0.120 e. The van der Waals surface area contributed by atoms with Crippen LogP contribution in [0.5, 0.6) is 11.5 Å². The minimum atomic E-state index is 0.312. The molecule has 0 radical (unpaired) electrons. The minimum absolute atomic E-state index is 0.312. The molecule has 20 heavy (non-hydrogen) atoms. The first-order valence-corrected chi connectivity index (χ1v) is 7.76. The van der Waals surface area contributed by atoms with Gasteiger partial charge in [-0.2, -0.15) is 0 Å². The molecule has 0 amide bonds. The molecule has 2 aromatic rings. The summed E-state index contributed by atoms with van der Waals surface area (Å²) in [7, 11) is 0. The van der Waals surface area contributed by atoms with Crippen molar-refractivity contribution in [1.29, 1.82) is 0 Å². The number of hydrogen-bond acceptors (Lipinski definition) is 4. The number of phenols is 2. The molecule has 0 bridgehead atoms. The predicted molar refractivity (Wildman–Crippen MR) is 83.4 cm³/mol. The van der Waals surface area contributed by atoms with E-state index in [0.29, 0.717) is 18.0 Å². The van der Waals surface area contributed by atoms with Crippen molar-refractivity contribution in [2.75, 3.05) is 12.8 Å². The number of benzene rings is 2. The SMILES string of the molecule is CSc1ccc(CCNCc2ccccc2O)c(O)c1. The van der Waals surface area contributed by atoms with Crippen LogP contribution in [0.4, 0.5) is 0 Å². The molecule has 0 aromatic heterocycles. The molecule has 0 saturated carbocycles. The molecular formula is C16H19NO2S. The van der Waals surface area contributed by atoms with Gasteiger partial charge in [-0.15, -0.1) is 11.8 Å². The van der Waals surface area contributed by atoms with Crippen LogP contribution >= 0.6 is 11.8 Å². The summed E-state index contributed by atoms with van der Waals surface area (Å²) in [6, 6.07) is 13.1. The van der Waals surface area contributed by atoms with Crippen molar-refractivity contribution in [2.24, 2.45) is 0 Å². The lowest BCUT2D eigenvalue weighted by atomic mass is 10.1. The van der Waals surface area contributed by atoms with Crippen LogP contribution < -0.4 is 5.32 Å². The van der Waals surface area contributed by atoms with Gasteiger partial charge in [-0.05, 0) is 43.0 Å². The van der Waals surface area contributed by atoms with Gasteiger partial charge < -0.3 is 15.5 Å². The Hall–Kier alpha value is -1.65. The molecule has 0 saturated heterocycles. The number of para-hydroxylation sites is 1. The Balaban J connectivity index is 1.83. The van der Waals surface area contributed by atoms with Gasteiger partial charge in [-0.3, -0.25) is 0 Å². The van der Waals surface area contributed by atoms with Crippen molar-refractivity contribution in [2.45, 2.75) is 17.9 Å². The van der Waals surface area contributed by atoms with Gasteiger partial charge in [0.15, 0.2) is 0 Å². The zero-order valence-corrected chi connectivity index (χ0v) is 12.3. The molecule has 0 unspecified atom stereocenters. The monoisotopic (exact) mass is 289 g/mol. The van der Waals surface area contributed by atoms with Gasteiger partial charge in [-0.25, -0.2) is 0 Å². The van der Waals surface area contributed by atoms with E-state index in [1.807, 2.05) is 36.6 Å². The molecule has 0 atom stereocenters. The number of hydrogen-bond donors (Lipinski definition) is 3. The predicted octanol–water partition coefficient (Wildman–Crippen LogP) is 3.15. The van der Waals surface area contributed by atoms with E-state index >= 15 is 0 Å². The van der Waals surface area contributed by atoms with Crippen LogP contribution in [0.15, 0.2) is 47.4 Å². The molecule has 3 nitrogen and oxygen atoms in total. The third-order valence-electron chi connectivity index (χ3n) is 3.17. The lowest BCUT2D eigenvalue weighted by Gasteiger charge is -2.08. The average Bonchev–Trinajstić information content (AvgIpc) is 2.46. The van der Waals surface area contributed by atoms with E-state index in [0.717, 1.165) is 29.0 Å². The molecule has 0 aliphatic carbocycles. The van der Waals surface area contributed by atoms with Crippen LogP contribution in [0.1, 0.15) is 11.1 Å². The highest BCUT2D eigenvalue weighted by atomic mass is 32.2. The van der Waals surface area contributed by atoms with Crippen LogP contribution in [0.25, 0.3) is 0 Å². The van der Waals surface area contributed by atoms with E-state index < -0.39 is 0 Å². The van der Waals surface area contributed by atoms with E-state index in [9.17, 15) is 10.2 Å². The highest BCUT2D eigenvalue weighted by molar-refractivity contribution is 7.98. The van der Waals surface area contributed by atoms with Crippen molar-refractivity contribution in [3.05, 3.63) is 53.6 Å². The van der Waals surface area contributed by atoms with Crippen molar-refractivity contribution >= 4 is 11.8 Å². The van der Waals surface area contributed by atoms with E-state index in [1.54, 1.807) is 23.9 Å². The van der Waals surface area contributed by atoms with Crippen molar-refractivity contribution in [3.63, 3.8) is 0 Å². The van der Waals surface area contributed by atoms with Gasteiger partial charge in [0, 0.05) is 17.0 Å². The first kappa shape index (κ1) is 14.8. The van der Waals surface area contributed by atoms with Gasteiger partial charge in [-0.1, -0.05) is 24.3 Å². The second-order valence-corrected chi connectivity index (χ2v) is 5.43. The third kappa shape index (κ3) is 3.92. The molecule has 0 aliphatic heterocycles. The van der Waals surface area contributed by atoms with Crippen LogP contribution in [-0.2, 0) is 13.0 Å². The Labute approximate surface area is 123 Å². The maximum Gasteiger partial charge on any atom is 0.120 e. The summed E-state index contributed by atoms with van der Waals surface area (Å²) in [5.41, 5.74) is 1.82. The molecule has 106 valence electrons. The van der Waals surface area contributed by atoms with Gasteiger partial charge in [0.05, 0.1) is 0 Å². The fraction of sp³-hybridized carbons (Fsp3) is 0.250. The molecule has 0 fully saturated rings. The number of thioether (sulfide) groups is 1. The van der Waals surface area contributed by atoms with Crippen LogP contribution in [0.3, 0.4) is 0 Å². The van der Waals surface area contributed by atoms with Crippen molar-refractivity contribution in [1.82, 2.24) is 5.32 Å². The first-order valence-electron chi connectivity index (χ1n) is 6.54. The fourth-order valence-corrected chi connectivity index (χ4v) is 2.42. The Kier molecular flexibility index (Phi) is 5.32. The van der Waals surface area contributed by atoms with Crippen LogP contribution in [-0.4, -0.2) is 23.0 Å². The summed E-state index contributed by atoms with van der Waals surface area (Å²) in [4.78, 5) is 1.06. The van der Waals surface area contributed by atoms with Crippen LogP contribution in [0.2, 0.25) is 0 Å². The molecular weight excluding hydrogens is 270 g/mol. The summed E-state index contributed by atoms with van der Waals surface area (Å²) >= 11 is 1.62. The maximum atomic E-state index is 9.90. The fourth-order valence-electron chi connectivity index (χ4n) is 1.99. The van der Waals surface area contributed by atoms with Crippen molar-refractivity contribution < 1.29 is 10.2 Å². The quantitative estimate of drug-likeness (QED) is 0.565. The number of aromatic hydroxyl groups is 2. The topological polar surface area (TPSA) is 52.5 Å². The van der Waals surface area contributed by atoms with Crippen molar-refractivity contribution in [3.8, 4) is 11.5 Å². The van der Waals surface area contributed by atoms with E-state index in [2.05, 4.69) is 5.32 Å². The number of phenolic OH excluding ortho intramolecular Hbond substituents is 2. The molecule has 3 N–H and O–H groups in total. The van der Waals surface area contributed by atoms with Gasteiger partial charge in [0.1, 0.15) is 11.5 Å². The first-order chi connectivity index (χ1) is 9.70. The summed E-state index contributed by atoms with van der Waals surface area (Å²) in [6.45, 7) is 1.37. The van der Waals surface area contributed by atoms with Gasteiger partial charge in [0.25, 0.3) is 0 Å². The Morgan fingerprint density at radius 3 is 2.50 bits per heavy atom. The highest BCUT2D eigenvalue weighted by Gasteiger charge is 2.03.